The number of carbonyl (C=O) groups excluding carboxylic acids is 3. The highest BCUT2D eigenvalue weighted by Crippen LogP contribution is 2.53. The van der Waals surface area contributed by atoms with E-state index in [-0.39, 0.29) is 29.7 Å². The summed E-state index contributed by atoms with van der Waals surface area (Å²) in [5.74, 6) is -6.75. The van der Waals surface area contributed by atoms with Crippen LogP contribution in [0, 0.1) is 11.8 Å². The number of nitrogens with two attached hydrogens (primary N) is 1. The van der Waals surface area contributed by atoms with Crippen molar-refractivity contribution >= 4 is 34.8 Å². The highest BCUT2D eigenvalue weighted by atomic mass is 35.5. The van der Waals surface area contributed by atoms with E-state index in [2.05, 4.69) is 11.0 Å². The molecule has 38 heavy (non-hydrogen) atoms. The largest absolute Gasteiger partial charge is 0.508 e. The standard InChI is InChI=1S/C27H30ClN3O7/c1-30(2)20-15-9-12-8-14-16(28)10-13(11-31-6-4-3-5-7-31)21(32)18(14)22(33)17(12)24(35)27(15,38)25(36)19(23(20)34)26(29)37/h3-4,10,12,15,20,32-33,36,38H,5-9,11H2,1-2H3,(H2,29,37)/t12-,15-,20+,27-/m0/s1. The predicted molar refractivity (Wildman–Crippen MR) is 138 cm³/mol. The summed E-state index contributed by atoms with van der Waals surface area (Å²) in [5, 5.41) is 45.5. The number of hydrogen-bond acceptors (Lipinski definition) is 9. The number of primary amides is 1. The van der Waals surface area contributed by atoms with Crippen LogP contribution in [0.25, 0.3) is 5.76 Å². The molecule has 11 heteroatoms. The third-order valence-corrected chi connectivity index (χ3v) is 8.62. The number of aliphatic hydroxyl groups excluding tert-OH is 2. The van der Waals surface area contributed by atoms with Gasteiger partial charge in [0.2, 0.25) is 5.78 Å². The Morgan fingerprint density at radius 1 is 1.24 bits per heavy atom. The number of amides is 1. The summed E-state index contributed by atoms with van der Waals surface area (Å²) in [5.41, 5.74) is 2.60. The van der Waals surface area contributed by atoms with Gasteiger partial charge < -0.3 is 26.2 Å². The van der Waals surface area contributed by atoms with E-state index in [4.69, 9.17) is 17.3 Å². The van der Waals surface area contributed by atoms with Crippen LogP contribution in [0.2, 0.25) is 5.02 Å². The van der Waals surface area contributed by atoms with Gasteiger partial charge in [0.15, 0.2) is 11.4 Å². The fraction of sp³-hybridized carbons (Fsp3) is 0.444. The summed E-state index contributed by atoms with van der Waals surface area (Å²) in [7, 11) is 3.12. The van der Waals surface area contributed by atoms with E-state index in [1.165, 1.54) is 4.90 Å². The van der Waals surface area contributed by atoms with Gasteiger partial charge in [-0.3, -0.25) is 24.2 Å². The van der Waals surface area contributed by atoms with E-state index in [9.17, 15) is 34.8 Å². The van der Waals surface area contributed by atoms with E-state index in [1.807, 2.05) is 6.08 Å². The molecule has 1 amide bonds. The summed E-state index contributed by atoms with van der Waals surface area (Å²) < 4.78 is 0. The van der Waals surface area contributed by atoms with Crippen LogP contribution in [0.5, 0.6) is 5.75 Å². The van der Waals surface area contributed by atoms with Crippen LogP contribution < -0.4 is 5.73 Å². The van der Waals surface area contributed by atoms with Gasteiger partial charge >= 0.3 is 0 Å². The Hall–Kier alpha value is -3.18. The number of nitrogens with zero attached hydrogens (tertiary/aromatic N) is 2. The smallest absolute Gasteiger partial charge is 0.255 e. The van der Waals surface area contributed by atoms with Gasteiger partial charge in [-0.1, -0.05) is 23.8 Å². The number of halogens is 1. The molecule has 0 bridgehead atoms. The first-order chi connectivity index (χ1) is 17.9. The van der Waals surface area contributed by atoms with E-state index >= 15 is 0 Å². The average Bonchev–Trinajstić information content (AvgIpc) is 2.84. The molecule has 1 saturated carbocycles. The highest BCUT2D eigenvalue weighted by molar-refractivity contribution is 6.32. The molecule has 5 rings (SSSR count). The number of phenolic OH excluding ortho intramolecular Hbond substituents is 1. The van der Waals surface area contributed by atoms with Gasteiger partial charge in [0.05, 0.1) is 11.6 Å². The number of ketones is 2. The Kier molecular flexibility index (Phi) is 6.42. The molecular formula is C27H30ClN3O7. The van der Waals surface area contributed by atoms with Gasteiger partial charge in [-0.25, -0.2) is 0 Å². The molecule has 1 fully saturated rings. The maximum atomic E-state index is 13.9. The minimum atomic E-state index is -2.66. The number of phenols is 1. The molecule has 0 aromatic heterocycles. The summed E-state index contributed by atoms with van der Waals surface area (Å²) >= 11 is 6.64. The first kappa shape index (κ1) is 26.4. The van der Waals surface area contributed by atoms with Crippen molar-refractivity contribution in [2.24, 2.45) is 17.6 Å². The molecule has 1 heterocycles. The first-order valence-electron chi connectivity index (χ1n) is 12.4. The lowest BCUT2D eigenvalue weighted by atomic mass is 9.57. The predicted octanol–water partition coefficient (Wildman–Crippen LogP) is 1.38. The van der Waals surface area contributed by atoms with Crippen molar-refractivity contribution in [3.8, 4) is 5.75 Å². The number of benzene rings is 1. The van der Waals surface area contributed by atoms with Gasteiger partial charge in [0, 0.05) is 41.7 Å². The number of aliphatic hydroxyl groups is 3. The van der Waals surface area contributed by atoms with Crippen LogP contribution >= 0.6 is 11.6 Å². The third-order valence-electron chi connectivity index (χ3n) is 8.28. The molecule has 10 nitrogen and oxygen atoms in total. The van der Waals surface area contributed by atoms with Crippen LogP contribution in [0.1, 0.15) is 29.5 Å². The maximum absolute atomic E-state index is 13.9. The SMILES string of the molecule is CN(C)[C@H]1C(=O)C(C(N)=O)=C(O)[C@@]2(O)C(=O)C3=C(O)c4c(O)c(CN5CC=CCC5)cc(Cl)c4C[C@H]3C[C@@H]12. The fourth-order valence-electron chi connectivity index (χ4n) is 6.51. The Balaban J connectivity index is 1.66. The van der Waals surface area contributed by atoms with Crippen molar-refractivity contribution < 1.29 is 34.8 Å². The number of carbonyl (C=O) groups is 3. The van der Waals surface area contributed by atoms with Gasteiger partial charge in [0.1, 0.15) is 22.8 Å². The van der Waals surface area contributed by atoms with E-state index in [1.54, 1.807) is 20.2 Å². The zero-order valence-electron chi connectivity index (χ0n) is 21.1. The van der Waals surface area contributed by atoms with Gasteiger partial charge in [-0.15, -0.1) is 0 Å². The summed E-state index contributed by atoms with van der Waals surface area (Å²) in [6.07, 6.45) is 5.15. The second-order valence-corrected chi connectivity index (χ2v) is 11.1. The van der Waals surface area contributed by atoms with Crippen molar-refractivity contribution in [1.82, 2.24) is 9.80 Å². The minimum absolute atomic E-state index is 0.0105. The molecule has 0 radical (unpaired) electrons. The Morgan fingerprint density at radius 2 is 1.95 bits per heavy atom. The molecule has 4 aliphatic rings. The molecule has 1 aromatic rings. The lowest BCUT2D eigenvalue weighted by molar-refractivity contribution is -0.153. The van der Waals surface area contributed by atoms with Crippen molar-refractivity contribution in [3.63, 3.8) is 0 Å². The number of fused-ring (bicyclic) bond motifs is 3. The molecule has 6 N–H and O–H groups in total. The zero-order valence-corrected chi connectivity index (χ0v) is 21.8. The number of hydrogen-bond donors (Lipinski definition) is 5. The first-order valence-corrected chi connectivity index (χ1v) is 12.8. The molecule has 0 unspecified atom stereocenters. The Labute approximate surface area is 224 Å². The van der Waals surface area contributed by atoms with Crippen LogP contribution in [0.3, 0.4) is 0 Å². The average molecular weight is 544 g/mol. The van der Waals surface area contributed by atoms with Crippen LogP contribution in [0.4, 0.5) is 0 Å². The number of aromatic hydroxyl groups is 1. The van der Waals surface area contributed by atoms with E-state index in [0.29, 0.717) is 29.2 Å². The molecule has 3 aliphatic carbocycles. The van der Waals surface area contributed by atoms with Crippen molar-refractivity contribution in [2.45, 2.75) is 37.5 Å². The van der Waals surface area contributed by atoms with Gasteiger partial charge in [-0.2, -0.15) is 0 Å². The summed E-state index contributed by atoms with van der Waals surface area (Å²) in [6, 6.07) is 0.533. The van der Waals surface area contributed by atoms with Crippen molar-refractivity contribution in [1.29, 1.82) is 0 Å². The number of Topliss-reactive ketones (excluding diaryl/α,β-unsaturated/α-hetero) is 2. The molecule has 202 valence electrons. The second-order valence-electron chi connectivity index (χ2n) is 10.7. The van der Waals surface area contributed by atoms with Crippen LogP contribution in [-0.2, 0) is 27.3 Å². The van der Waals surface area contributed by atoms with E-state index < -0.39 is 58.0 Å². The Bertz CT molecular complexity index is 1360. The van der Waals surface area contributed by atoms with Gasteiger partial charge in [-0.05, 0) is 50.9 Å². The lowest BCUT2D eigenvalue weighted by Gasteiger charge is -2.50. The monoisotopic (exact) mass is 543 g/mol. The molecule has 4 atom stereocenters. The van der Waals surface area contributed by atoms with Crippen LogP contribution in [-0.4, -0.2) is 86.5 Å². The summed E-state index contributed by atoms with van der Waals surface area (Å²) in [6.45, 7) is 1.84. The highest BCUT2D eigenvalue weighted by Gasteiger charge is 2.64. The topological polar surface area (TPSA) is 165 Å². The number of rotatable bonds is 4. The molecule has 1 aromatic carbocycles. The van der Waals surface area contributed by atoms with E-state index in [0.717, 1.165) is 13.0 Å². The molecular weight excluding hydrogens is 514 g/mol. The minimum Gasteiger partial charge on any atom is -0.508 e. The third kappa shape index (κ3) is 3.70. The normalized spacial score (nSPS) is 29.4. The van der Waals surface area contributed by atoms with Crippen molar-refractivity contribution in [3.05, 3.63) is 56.8 Å². The quantitative estimate of drug-likeness (QED) is 0.278. The fourth-order valence-corrected chi connectivity index (χ4v) is 6.82. The molecule has 1 aliphatic heterocycles. The molecule has 0 saturated heterocycles. The maximum Gasteiger partial charge on any atom is 0.255 e. The molecule has 0 spiro atoms. The van der Waals surface area contributed by atoms with Gasteiger partial charge in [0.25, 0.3) is 5.91 Å². The zero-order chi connectivity index (χ0) is 27.7. The van der Waals surface area contributed by atoms with Crippen molar-refractivity contribution in [2.75, 3.05) is 27.2 Å². The lowest BCUT2D eigenvalue weighted by Crippen LogP contribution is -2.65. The summed E-state index contributed by atoms with van der Waals surface area (Å²) in [4.78, 5) is 42.7. The second kappa shape index (κ2) is 9.23. The van der Waals surface area contributed by atoms with Crippen LogP contribution in [0.15, 0.2) is 35.1 Å². The Morgan fingerprint density at radius 3 is 2.55 bits per heavy atom. The number of likely N-dealkylation sites (N-methyl/N-ethyl adjacent to an activating group) is 1.